The molecule has 1 aromatic rings. The molecule has 1 aliphatic rings. The van der Waals surface area contributed by atoms with Gasteiger partial charge in [-0.25, -0.2) is 0 Å². The summed E-state index contributed by atoms with van der Waals surface area (Å²) in [6, 6.07) is 4.67. The third-order valence-corrected chi connectivity index (χ3v) is 3.28. The Hall–Kier alpha value is -1.66. The predicted octanol–water partition coefficient (Wildman–Crippen LogP) is 0.835. The van der Waals surface area contributed by atoms with Crippen molar-refractivity contribution in [2.24, 2.45) is 0 Å². The Morgan fingerprint density at radius 1 is 1.39 bits per heavy atom. The van der Waals surface area contributed by atoms with Crippen LogP contribution in [-0.4, -0.2) is 40.4 Å². The van der Waals surface area contributed by atoms with Crippen molar-refractivity contribution in [2.75, 3.05) is 18.0 Å². The van der Waals surface area contributed by atoms with Gasteiger partial charge in [-0.1, -0.05) is 0 Å². The number of hydrogen-bond acceptors (Lipinski definition) is 5. The fraction of sp³-hybridized carbons (Fsp3) is 0.500. The van der Waals surface area contributed by atoms with Crippen molar-refractivity contribution in [1.29, 1.82) is 0 Å². The van der Waals surface area contributed by atoms with Gasteiger partial charge in [-0.15, -0.1) is 0 Å². The molecule has 6 heteroatoms. The van der Waals surface area contributed by atoms with Crippen LogP contribution in [0.15, 0.2) is 18.2 Å². The second kappa shape index (κ2) is 4.91. The van der Waals surface area contributed by atoms with Crippen LogP contribution >= 0.6 is 0 Å². The molecule has 2 unspecified atom stereocenters. The first kappa shape index (κ1) is 12.8. The molecular formula is C12H16N2O4. The Bertz CT molecular complexity index is 463. The molecule has 1 heterocycles. The Balaban J connectivity index is 2.21. The van der Waals surface area contributed by atoms with E-state index in [0.29, 0.717) is 19.5 Å². The molecule has 1 aliphatic heterocycles. The molecule has 0 bridgehead atoms. The summed E-state index contributed by atoms with van der Waals surface area (Å²) in [6.07, 6.45) is -0.953. The number of piperidine rings is 1. The van der Waals surface area contributed by atoms with Gasteiger partial charge in [-0.05, 0) is 25.0 Å². The first-order valence-electron chi connectivity index (χ1n) is 5.85. The highest BCUT2D eigenvalue weighted by atomic mass is 16.6. The van der Waals surface area contributed by atoms with Gasteiger partial charge in [0.25, 0.3) is 5.69 Å². The third-order valence-electron chi connectivity index (χ3n) is 3.28. The van der Waals surface area contributed by atoms with Crippen molar-refractivity contribution >= 4 is 11.4 Å². The van der Waals surface area contributed by atoms with Gasteiger partial charge in [0, 0.05) is 30.9 Å². The fourth-order valence-electron chi connectivity index (χ4n) is 2.25. The van der Waals surface area contributed by atoms with E-state index in [0.717, 1.165) is 11.3 Å². The zero-order valence-corrected chi connectivity index (χ0v) is 10.1. The van der Waals surface area contributed by atoms with Crippen LogP contribution in [0.4, 0.5) is 11.4 Å². The van der Waals surface area contributed by atoms with Crippen LogP contribution in [0.2, 0.25) is 0 Å². The molecule has 2 rings (SSSR count). The molecule has 18 heavy (non-hydrogen) atoms. The van der Waals surface area contributed by atoms with Gasteiger partial charge < -0.3 is 15.1 Å². The SMILES string of the molecule is Cc1cc([N+](=O)[O-])ccc1N1CCC(O)C(O)C1. The predicted molar refractivity (Wildman–Crippen MR) is 66.7 cm³/mol. The molecule has 0 saturated carbocycles. The number of aliphatic hydroxyl groups is 2. The maximum atomic E-state index is 10.7. The average Bonchev–Trinajstić information content (AvgIpc) is 2.32. The van der Waals surface area contributed by atoms with Gasteiger partial charge in [0.2, 0.25) is 0 Å². The monoisotopic (exact) mass is 252 g/mol. The van der Waals surface area contributed by atoms with Crippen molar-refractivity contribution in [2.45, 2.75) is 25.6 Å². The number of benzene rings is 1. The number of nitro groups is 1. The zero-order chi connectivity index (χ0) is 13.3. The first-order valence-corrected chi connectivity index (χ1v) is 5.85. The summed E-state index contributed by atoms with van der Waals surface area (Å²) in [6.45, 7) is 2.79. The molecule has 1 aromatic carbocycles. The summed E-state index contributed by atoms with van der Waals surface area (Å²) in [5.74, 6) is 0. The number of nitrogens with zero attached hydrogens (tertiary/aromatic N) is 2. The van der Waals surface area contributed by atoms with E-state index in [2.05, 4.69) is 0 Å². The molecule has 0 amide bonds. The minimum atomic E-state index is -0.770. The highest BCUT2D eigenvalue weighted by Gasteiger charge is 2.26. The smallest absolute Gasteiger partial charge is 0.269 e. The van der Waals surface area contributed by atoms with Crippen molar-refractivity contribution < 1.29 is 15.1 Å². The van der Waals surface area contributed by atoms with Crippen LogP contribution in [0.3, 0.4) is 0 Å². The number of aliphatic hydroxyl groups excluding tert-OH is 2. The average molecular weight is 252 g/mol. The lowest BCUT2D eigenvalue weighted by Gasteiger charge is -2.35. The van der Waals surface area contributed by atoms with E-state index in [1.165, 1.54) is 12.1 Å². The van der Waals surface area contributed by atoms with Crippen molar-refractivity contribution in [3.05, 3.63) is 33.9 Å². The normalized spacial score (nSPS) is 24.1. The van der Waals surface area contributed by atoms with Gasteiger partial charge in [0.15, 0.2) is 0 Å². The minimum absolute atomic E-state index is 0.0637. The van der Waals surface area contributed by atoms with Gasteiger partial charge in [-0.3, -0.25) is 10.1 Å². The van der Waals surface area contributed by atoms with E-state index in [-0.39, 0.29) is 5.69 Å². The Kier molecular flexibility index (Phi) is 3.49. The minimum Gasteiger partial charge on any atom is -0.390 e. The molecule has 6 nitrogen and oxygen atoms in total. The number of non-ortho nitro benzene ring substituents is 1. The lowest BCUT2D eigenvalue weighted by atomic mass is 10.0. The number of rotatable bonds is 2. The maximum Gasteiger partial charge on any atom is 0.269 e. The lowest BCUT2D eigenvalue weighted by molar-refractivity contribution is -0.384. The van der Waals surface area contributed by atoms with Gasteiger partial charge >= 0.3 is 0 Å². The summed E-state index contributed by atoms with van der Waals surface area (Å²) in [5.41, 5.74) is 1.73. The second-order valence-corrected chi connectivity index (χ2v) is 4.60. The van der Waals surface area contributed by atoms with E-state index in [9.17, 15) is 20.3 Å². The van der Waals surface area contributed by atoms with E-state index in [1.807, 2.05) is 4.90 Å². The molecule has 1 saturated heterocycles. The van der Waals surface area contributed by atoms with Gasteiger partial charge in [-0.2, -0.15) is 0 Å². The van der Waals surface area contributed by atoms with Crippen LogP contribution in [0.1, 0.15) is 12.0 Å². The fourth-order valence-corrected chi connectivity index (χ4v) is 2.25. The zero-order valence-electron chi connectivity index (χ0n) is 10.1. The standard InChI is InChI=1S/C12H16N2O4/c1-8-6-9(14(17)18)2-3-10(8)13-5-4-11(15)12(16)7-13/h2-3,6,11-12,15-16H,4-5,7H2,1H3. The van der Waals surface area contributed by atoms with Crippen molar-refractivity contribution in [3.63, 3.8) is 0 Å². The molecule has 2 N–H and O–H groups in total. The number of β-amino-alcohol motifs (C(OH)–C–C–N with tert-alkyl or cyclic N) is 1. The first-order chi connectivity index (χ1) is 8.49. The quantitative estimate of drug-likeness (QED) is 0.601. The van der Waals surface area contributed by atoms with Gasteiger partial charge in [0.05, 0.1) is 17.1 Å². The highest BCUT2D eigenvalue weighted by molar-refractivity contribution is 5.57. The number of hydrogen-bond donors (Lipinski definition) is 2. The highest BCUT2D eigenvalue weighted by Crippen LogP contribution is 2.27. The largest absolute Gasteiger partial charge is 0.390 e. The third kappa shape index (κ3) is 2.44. The molecular weight excluding hydrogens is 236 g/mol. The number of nitro benzene ring substituents is 1. The van der Waals surface area contributed by atoms with Gasteiger partial charge in [0.1, 0.15) is 0 Å². The van der Waals surface area contributed by atoms with E-state index in [1.54, 1.807) is 13.0 Å². The summed E-state index contributed by atoms with van der Waals surface area (Å²) in [5, 5.41) is 29.8. The Morgan fingerprint density at radius 2 is 2.11 bits per heavy atom. The summed E-state index contributed by atoms with van der Waals surface area (Å²) >= 11 is 0. The Labute approximate surface area is 105 Å². The number of anilines is 1. The summed E-state index contributed by atoms with van der Waals surface area (Å²) in [4.78, 5) is 12.2. The van der Waals surface area contributed by atoms with Crippen LogP contribution in [-0.2, 0) is 0 Å². The van der Waals surface area contributed by atoms with E-state index in [4.69, 9.17) is 0 Å². The lowest BCUT2D eigenvalue weighted by Crippen LogP contribution is -2.46. The molecule has 0 radical (unpaired) electrons. The van der Waals surface area contributed by atoms with E-state index >= 15 is 0 Å². The van der Waals surface area contributed by atoms with Crippen LogP contribution in [0.25, 0.3) is 0 Å². The van der Waals surface area contributed by atoms with Crippen LogP contribution in [0.5, 0.6) is 0 Å². The van der Waals surface area contributed by atoms with E-state index < -0.39 is 17.1 Å². The number of aryl methyl sites for hydroxylation is 1. The van der Waals surface area contributed by atoms with Crippen LogP contribution in [0, 0.1) is 17.0 Å². The molecule has 0 aromatic heterocycles. The second-order valence-electron chi connectivity index (χ2n) is 4.60. The summed E-state index contributed by atoms with van der Waals surface area (Å²) in [7, 11) is 0. The molecule has 1 fully saturated rings. The van der Waals surface area contributed by atoms with Crippen molar-refractivity contribution in [1.82, 2.24) is 0 Å². The van der Waals surface area contributed by atoms with Crippen molar-refractivity contribution in [3.8, 4) is 0 Å². The summed E-state index contributed by atoms with van der Waals surface area (Å²) < 4.78 is 0. The Morgan fingerprint density at radius 3 is 2.67 bits per heavy atom. The molecule has 98 valence electrons. The molecule has 2 atom stereocenters. The molecule has 0 aliphatic carbocycles. The van der Waals surface area contributed by atoms with Crippen LogP contribution < -0.4 is 4.90 Å². The maximum absolute atomic E-state index is 10.7. The topological polar surface area (TPSA) is 86.8 Å². The molecule has 0 spiro atoms.